The molecule has 0 aromatic heterocycles. The lowest BCUT2D eigenvalue weighted by atomic mass is 10.1. The summed E-state index contributed by atoms with van der Waals surface area (Å²) in [7, 11) is 4.58. The van der Waals surface area contributed by atoms with Gasteiger partial charge in [0.05, 0.1) is 32.9 Å². The number of nitrogens with zero attached hydrogens (tertiary/aromatic N) is 2. The van der Waals surface area contributed by atoms with E-state index in [0.29, 0.717) is 42.6 Å². The third kappa shape index (κ3) is 3.65. The molecule has 1 aromatic rings. The number of benzene rings is 1. The Hall–Kier alpha value is -2.44. The van der Waals surface area contributed by atoms with Gasteiger partial charge >= 0.3 is 0 Å². The van der Waals surface area contributed by atoms with E-state index in [1.54, 1.807) is 21.9 Å². The lowest BCUT2D eigenvalue weighted by Gasteiger charge is -2.23. The molecular formula is C18H26N2O5. The second-order valence-electron chi connectivity index (χ2n) is 5.80. The average Bonchev–Trinajstić information content (AvgIpc) is 3.02. The highest BCUT2D eigenvalue weighted by Crippen LogP contribution is 2.42. The quantitative estimate of drug-likeness (QED) is 0.752. The van der Waals surface area contributed by atoms with Crippen molar-refractivity contribution in [1.82, 2.24) is 4.90 Å². The molecule has 1 fully saturated rings. The molecule has 0 aliphatic carbocycles. The number of hydrogen-bond acceptors (Lipinski definition) is 5. The van der Waals surface area contributed by atoms with Crippen molar-refractivity contribution in [3.05, 3.63) is 12.1 Å². The fraction of sp³-hybridized carbons (Fsp3) is 0.556. The first-order chi connectivity index (χ1) is 12.0. The summed E-state index contributed by atoms with van der Waals surface area (Å²) in [4.78, 5) is 28.4. The Morgan fingerprint density at radius 2 is 1.68 bits per heavy atom. The van der Waals surface area contributed by atoms with E-state index in [0.717, 1.165) is 0 Å². The highest BCUT2D eigenvalue weighted by molar-refractivity contribution is 6.00. The standard InChI is InChI=1S/C18H26N2O5/c1-6-19(7-2)18(22)12-8-16(21)20(11-12)13-9-14(23-3)17(25-5)15(10-13)24-4/h9-10,12H,6-8,11H2,1-5H3. The topological polar surface area (TPSA) is 68.3 Å². The third-order valence-electron chi connectivity index (χ3n) is 4.51. The number of methoxy groups -OCH3 is 3. The first-order valence-electron chi connectivity index (χ1n) is 8.39. The predicted octanol–water partition coefficient (Wildman–Crippen LogP) is 1.93. The van der Waals surface area contributed by atoms with Crippen molar-refractivity contribution in [1.29, 1.82) is 0 Å². The van der Waals surface area contributed by atoms with E-state index in [-0.39, 0.29) is 24.2 Å². The minimum absolute atomic E-state index is 0.0216. The van der Waals surface area contributed by atoms with Crippen LogP contribution in [0.3, 0.4) is 0 Å². The lowest BCUT2D eigenvalue weighted by molar-refractivity contribution is -0.135. The van der Waals surface area contributed by atoms with Gasteiger partial charge in [-0.3, -0.25) is 9.59 Å². The Kier molecular flexibility index (Phi) is 6.12. The summed E-state index contributed by atoms with van der Waals surface area (Å²) in [5.74, 6) is 1.03. The molecule has 2 amide bonds. The van der Waals surface area contributed by atoms with Crippen molar-refractivity contribution in [2.45, 2.75) is 20.3 Å². The van der Waals surface area contributed by atoms with Gasteiger partial charge in [0, 0.05) is 38.2 Å². The average molecular weight is 350 g/mol. The minimum Gasteiger partial charge on any atom is -0.493 e. The molecule has 1 atom stereocenters. The number of carbonyl (C=O) groups excluding carboxylic acids is 2. The second-order valence-corrected chi connectivity index (χ2v) is 5.80. The van der Waals surface area contributed by atoms with Crippen LogP contribution >= 0.6 is 0 Å². The molecule has 1 heterocycles. The summed E-state index contributed by atoms with van der Waals surface area (Å²) in [6, 6.07) is 3.45. The van der Waals surface area contributed by atoms with Gasteiger partial charge in [-0.2, -0.15) is 0 Å². The molecule has 2 rings (SSSR count). The van der Waals surface area contributed by atoms with Crippen LogP contribution < -0.4 is 19.1 Å². The van der Waals surface area contributed by atoms with Gasteiger partial charge in [-0.15, -0.1) is 0 Å². The molecule has 0 bridgehead atoms. The van der Waals surface area contributed by atoms with Gasteiger partial charge in [-0.1, -0.05) is 0 Å². The van der Waals surface area contributed by atoms with Crippen molar-refractivity contribution >= 4 is 17.5 Å². The smallest absolute Gasteiger partial charge is 0.227 e. The van der Waals surface area contributed by atoms with E-state index in [4.69, 9.17) is 14.2 Å². The highest BCUT2D eigenvalue weighted by atomic mass is 16.5. The minimum atomic E-state index is -0.327. The van der Waals surface area contributed by atoms with E-state index in [1.165, 1.54) is 21.3 Å². The summed E-state index contributed by atoms with van der Waals surface area (Å²) < 4.78 is 16.0. The largest absolute Gasteiger partial charge is 0.493 e. The van der Waals surface area contributed by atoms with Crippen molar-refractivity contribution < 1.29 is 23.8 Å². The molecule has 1 unspecified atom stereocenters. The number of hydrogen-bond donors (Lipinski definition) is 0. The summed E-state index contributed by atoms with van der Waals surface area (Å²) in [6.07, 6.45) is 0.214. The Morgan fingerprint density at radius 1 is 1.12 bits per heavy atom. The predicted molar refractivity (Wildman–Crippen MR) is 94.5 cm³/mol. The maximum Gasteiger partial charge on any atom is 0.227 e. The SMILES string of the molecule is CCN(CC)C(=O)C1CC(=O)N(c2cc(OC)c(OC)c(OC)c2)C1. The molecule has 1 aliphatic heterocycles. The van der Waals surface area contributed by atoms with Gasteiger partial charge in [0.1, 0.15) is 0 Å². The van der Waals surface area contributed by atoms with Crippen LogP contribution in [0.4, 0.5) is 5.69 Å². The van der Waals surface area contributed by atoms with E-state index < -0.39 is 0 Å². The third-order valence-corrected chi connectivity index (χ3v) is 4.51. The van der Waals surface area contributed by atoms with Gasteiger partial charge < -0.3 is 24.0 Å². The van der Waals surface area contributed by atoms with Crippen LogP contribution in [0.5, 0.6) is 17.2 Å². The Morgan fingerprint density at radius 3 is 2.12 bits per heavy atom. The van der Waals surface area contributed by atoms with Crippen LogP contribution in [0.2, 0.25) is 0 Å². The maximum absolute atomic E-state index is 12.6. The van der Waals surface area contributed by atoms with E-state index in [9.17, 15) is 9.59 Å². The van der Waals surface area contributed by atoms with Crippen molar-refractivity contribution in [2.75, 3.05) is 45.9 Å². The summed E-state index contributed by atoms with van der Waals surface area (Å²) >= 11 is 0. The summed E-state index contributed by atoms with van der Waals surface area (Å²) in [6.45, 7) is 5.52. The molecular weight excluding hydrogens is 324 g/mol. The van der Waals surface area contributed by atoms with E-state index >= 15 is 0 Å². The van der Waals surface area contributed by atoms with Crippen molar-refractivity contribution in [3.8, 4) is 17.2 Å². The van der Waals surface area contributed by atoms with Crippen LogP contribution in [-0.2, 0) is 9.59 Å². The molecule has 1 saturated heterocycles. The maximum atomic E-state index is 12.6. The molecule has 7 heteroatoms. The molecule has 0 spiro atoms. The Balaban J connectivity index is 2.30. The van der Waals surface area contributed by atoms with E-state index in [2.05, 4.69) is 0 Å². The van der Waals surface area contributed by atoms with Gasteiger partial charge in [-0.25, -0.2) is 0 Å². The summed E-state index contributed by atoms with van der Waals surface area (Å²) in [5, 5.41) is 0. The highest BCUT2D eigenvalue weighted by Gasteiger charge is 2.37. The zero-order chi connectivity index (χ0) is 18.6. The Bertz CT molecular complexity index is 617. The monoisotopic (exact) mass is 350 g/mol. The Labute approximate surface area is 148 Å². The van der Waals surface area contributed by atoms with Gasteiger partial charge in [0.25, 0.3) is 0 Å². The number of anilines is 1. The molecule has 25 heavy (non-hydrogen) atoms. The van der Waals surface area contributed by atoms with Crippen LogP contribution in [0.25, 0.3) is 0 Å². The number of rotatable bonds is 7. The van der Waals surface area contributed by atoms with Crippen LogP contribution in [-0.4, -0.2) is 57.7 Å². The number of carbonyl (C=O) groups is 2. The lowest BCUT2D eigenvalue weighted by Crippen LogP contribution is -2.37. The van der Waals surface area contributed by atoms with Gasteiger partial charge in [0.2, 0.25) is 17.6 Å². The molecule has 138 valence electrons. The normalized spacial score (nSPS) is 16.8. The first-order valence-corrected chi connectivity index (χ1v) is 8.39. The first kappa shape index (κ1) is 18.9. The molecule has 0 N–H and O–H groups in total. The molecule has 1 aromatic carbocycles. The van der Waals surface area contributed by atoms with Crippen molar-refractivity contribution in [3.63, 3.8) is 0 Å². The molecule has 0 saturated carbocycles. The fourth-order valence-corrected chi connectivity index (χ4v) is 3.14. The van der Waals surface area contributed by atoms with E-state index in [1.807, 2.05) is 13.8 Å². The molecule has 0 radical (unpaired) electrons. The zero-order valence-electron chi connectivity index (χ0n) is 15.5. The van der Waals surface area contributed by atoms with Crippen LogP contribution in [0, 0.1) is 5.92 Å². The van der Waals surface area contributed by atoms with Crippen molar-refractivity contribution in [2.24, 2.45) is 5.92 Å². The van der Waals surface area contributed by atoms with Crippen LogP contribution in [0.1, 0.15) is 20.3 Å². The van der Waals surface area contributed by atoms with Crippen LogP contribution in [0.15, 0.2) is 12.1 Å². The van der Waals surface area contributed by atoms with Gasteiger partial charge in [-0.05, 0) is 13.8 Å². The van der Waals surface area contributed by atoms with Gasteiger partial charge in [0.15, 0.2) is 11.5 Å². The molecule has 1 aliphatic rings. The number of amides is 2. The molecule has 7 nitrogen and oxygen atoms in total. The zero-order valence-corrected chi connectivity index (χ0v) is 15.5. The second kappa shape index (κ2) is 8.09. The number of ether oxygens (including phenoxy) is 3. The fourth-order valence-electron chi connectivity index (χ4n) is 3.14. The summed E-state index contributed by atoms with van der Waals surface area (Å²) in [5.41, 5.74) is 0.634.